The van der Waals surface area contributed by atoms with Crippen LogP contribution in [-0.4, -0.2) is 85.6 Å². The third kappa shape index (κ3) is 7.31. The molecule has 1 N–H and O–H groups in total. The average molecular weight is 623 g/mol. The molecule has 0 radical (unpaired) electrons. The van der Waals surface area contributed by atoms with Gasteiger partial charge in [0.15, 0.2) is 11.0 Å². The predicted octanol–water partition coefficient (Wildman–Crippen LogP) is 5.47. The summed E-state index contributed by atoms with van der Waals surface area (Å²) in [6.45, 7) is 12.4. The highest BCUT2D eigenvalue weighted by molar-refractivity contribution is 7.99. The van der Waals surface area contributed by atoms with E-state index in [2.05, 4.69) is 56.0 Å². The van der Waals surface area contributed by atoms with E-state index in [9.17, 15) is 0 Å². The van der Waals surface area contributed by atoms with Crippen LogP contribution in [0.25, 0.3) is 5.69 Å². The highest BCUT2D eigenvalue weighted by Crippen LogP contribution is 2.38. The molecular formula is C35H47N7OS. The van der Waals surface area contributed by atoms with E-state index in [1.165, 1.54) is 30.0 Å². The second-order valence-corrected chi connectivity index (χ2v) is 12.7. The summed E-state index contributed by atoms with van der Waals surface area (Å²) in [5.74, 6) is 7.31. The number of hydrogen-bond acceptors (Lipinski definition) is 8. The zero-order valence-electron chi connectivity index (χ0n) is 34.7. The fourth-order valence-electron chi connectivity index (χ4n) is 5.97. The van der Waals surface area contributed by atoms with Crippen molar-refractivity contribution < 1.29 is 17.1 Å². The second kappa shape index (κ2) is 14.5. The number of nitrogens with zero attached hydrogens (tertiary/aromatic N) is 6. The van der Waals surface area contributed by atoms with E-state index >= 15 is 0 Å². The van der Waals surface area contributed by atoms with Crippen molar-refractivity contribution in [2.75, 3.05) is 39.3 Å². The van der Waals surface area contributed by atoms with Crippen LogP contribution >= 0.6 is 11.8 Å². The SMILES string of the molecule is [2H]C1([2H])C([2H])([2H])C([2H])([2H])C([2H])(Sc2nnc(COc3ccc(C#CCNCC4(N5CCN(C(C)C)CC5)CCC4)c(C)c3)n2-c2cccnc2)C1([2H])[2H]. The molecule has 2 saturated carbocycles. The van der Waals surface area contributed by atoms with Gasteiger partial charge < -0.3 is 10.1 Å². The van der Waals surface area contributed by atoms with Crippen molar-refractivity contribution in [3.05, 3.63) is 59.7 Å². The van der Waals surface area contributed by atoms with Crippen molar-refractivity contribution in [1.82, 2.24) is 34.9 Å². The Morgan fingerprint density at radius 2 is 1.98 bits per heavy atom. The molecule has 1 aliphatic heterocycles. The number of thioether (sulfide) groups is 1. The first-order chi connectivity index (χ1) is 24.9. The van der Waals surface area contributed by atoms with Crippen molar-refractivity contribution in [2.45, 2.75) is 94.1 Å². The summed E-state index contributed by atoms with van der Waals surface area (Å²) in [4.78, 5) is 9.37. The molecule has 3 aromatic rings. The number of nitrogens with one attached hydrogen (secondary N) is 1. The molecule has 3 heterocycles. The molecule has 1 aromatic carbocycles. The van der Waals surface area contributed by atoms with E-state index in [4.69, 9.17) is 17.1 Å². The lowest BCUT2D eigenvalue weighted by Crippen LogP contribution is -2.64. The van der Waals surface area contributed by atoms with E-state index in [1.807, 2.05) is 19.1 Å². The maximum Gasteiger partial charge on any atom is 0.196 e. The Morgan fingerprint density at radius 3 is 2.66 bits per heavy atom. The maximum atomic E-state index is 8.94. The summed E-state index contributed by atoms with van der Waals surface area (Å²) in [5, 5.41) is 8.80. The summed E-state index contributed by atoms with van der Waals surface area (Å²) in [5.41, 5.74) is 2.45. The van der Waals surface area contributed by atoms with Crippen LogP contribution in [0.5, 0.6) is 5.75 Å². The third-order valence-electron chi connectivity index (χ3n) is 8.67. The van der Waals surface area contributed by atoms with Crippen LogP contribution in [0.3, 0.4) is 0 Å². The Morgan fingerprint density at radius 1 is 1.16 bits per heavy atom. The van der Waals surface area contributed by atoms with Gasteiger partial charge in [0.25, 0.3) is 0 Å². The molecule has 0 unspecified atom stereocenters. The minimum atomic E-state index is -3.32. The van der Waals surface area contributed by atoms with Crippen molar-refractivity contribution >= 4 is 11.8 Å². The summed E-state index contributed by atoms with van der Waals surface area (Å²) < 4.78 is 83.0. The van der Waals surface area contributed by atoms with Gasteiger partial charge in [0.05, 0.1) is 18.4 Å². The Balaban J connectivity index is 1.12. The van der Waals surface area contributed by atoms with Crippen molar-refractivity contribution in [2.24, 2.45) is 0 Å². The fraction of sp³-hybridized carbons (Fsp3) is 0.571. The van der Waals surface area contributed by atoms with Crippen LogP contribution < -0.4 is 10.1 Å². The van der Waals surface area contributed by atoms with E-state index in [0.717, 1.165) is 43.9 Å². The predicted molar refractivity (Wildman–Crippen MR) is 177 cm³/mol. The number of benzene rings is 1. The van der Waals surface area contributed by atoms with Gasteiger partial charge in [-0.2, -0.15) is 0 Å². The first-order valence-electron chi connectivity index (χ1n) is 19.8. The first kappa shape index (κ1) is 21.8. The molecule has 2 aromatic heterocycles. The minimum Gasteiger partial charge on any atom is -0.486 e. The monoisotopic (exact) mass is 622 g/mol. The minimum absolute atomic E-state index is 0.114. The van der Waals surface area contributed by atoms with Gasteiger partial charge in [0, 0.05) is 73.6 Å². The molecule has 0 spiro atoms. The normalized spacial score (nSPS) is 27.4. The van der Waals surface area contributed by atoms with Crippen LogP contribution in [0, 0.1) is 18.8 Å². The van der Waals surface area contributed by atoms with Gasteiger partial charge in [-0.05, 0) is 88.7 Å². The summed E-state index contributed by atoms with van der Waals surface area (Å²) in [6, 6.07) is 9.46. The van der Waals surface area contributed by atoms with E-state index in [0.29, 0.717) is 24.0 Å². The second-order valence-electron chi connectivity index (χ2n) is 11.7. The number of ether oxygens (including phenoxy) is 1. The molecule has 3 aliphatic rings. The molecular weight excluding hydrogens is 567 g/mol. The highest BCUT2D eigenvalue weighted by atomic mass is 32.2. The van der Waals surface area contributed by atoms with Crippen molar-refractivity contribution in [1.29, 1.82) is 0 Å². The quantitative estimate of drug-likeness (QED) is 0.223. The van der Waals surface area contributed by atoms with E-state index in [-0.39, 0.29) is 34.9 Å². The van der Waals surface area contributed by atoms with Crippen LogP contribution in [-0.2, 0) is 6.61 Å². The van der Waals surface area contributed by atoms with Gasteiger partial charge in [-0.15, -0.1) is 10.2 Å². The van der Waals surface area contributed by atoms with E-state index in [1.54, 1.807) is 24.4 Å². The number of aromatic nitrogens is 4. The van der Waals surface area contributed by atoms with Gasteiger partial charge in [-0.25, -0.2) is 0 Å². The van der Waals surface area contributed by atoms with Crippen LogP contribution in [0.2, 0.25) is 0 Å². The van der Waals surface area contributed by atoms with Gasteiger partial charge >= 0.3 is 0 Å². The molecule has 9 heteroatoms. The van der Waals surface area contributed by atoms with Gasteiger partial charge in [-0.1, -0.05) is 36.3 Å². The van der Waals surface area contributed by atoms with Crippen LogP contribution in [0.15, 0.2) is 47.9 Å². The summed E-state index contributed by atoms with van der Waals surface area (Å²) in [6.07, 6.45) is -6.42. The summed E-state index contributed by atoms with van der Waals surface area (Å²) >= 11 is 0.283. The number of hydrogen-bond donors (Lipinski definition) is 1. The Kier molecular flexibility index (Phi) is 7.16. The maximum absolute atomic E-state index is 8.94. The van der Waals surface area contributed by atoms with Gasteiger partial charge in [0.2, 0.25) is 0 Å². The first-order valence-corrected chi connectivity index (χ1v) is 16.2. The highest BCUT2D eigenvalue weighted by Gasteiger charge is 2.43. The zero-order valence-corrected chi connectivity index (χ0v) is 26.5. The Hall–Kier alpha value is -2.90. The van der Waals surface area contributed by atoms with Crippen LogP contribution in [0.1, 0.15) is 87.9 Å². The molecule has 1 saturated heterocycles. The number of aryl methyl sites for hydroxylation is 1. The van der Waals surface area contributed by atoms with Crippen molar-refractivity contribution in [3.8, 4) is 23.3 Å². The van der Waals surface area contributed by atoms with Gasteiger partial charge in [-0.3, -0.25) is 19.4 Å². The average Bonchev–Trinajstić information content (AvgIpc) is 3.52. The lowest BCUT2D eigenvalue weighted by atomic mass is 9.74. The van der Waals surface area contributed by atoms with Gasteiger partial charge in [0.1, 0.15) is 12.4 Å². The molecule has 0 atom stereocenters. The lowest BCUT2D eigenvalue weighted by Gasteiger charge is -2.53. The fourth-order valence-corrected chi connectivity index (χ4v) is 6.74. The largest absolute Gasteiger partial charge is 0.486 e. The lowest BCUT2D eigenvalue weighted by molar-refractivity contribution is -0.0228. The molecule has 8 nitrogen and oxygen atoms in total. The standard InChI is InChI=1S/C35H47N7OS/c1-27(2)40-19-21-41(22-20-40)35(15-8-16-35)26-37-18-6-9-29-13-14-31(23-28(29)3)43-25-33-38-39-34(44-32-11-4-5-12-32)42(33)30-10-7-17-36-24-30/h7,10,13-14,17,23-24,27,32,37H,4-5,8,11-12,15-16,18-22,25-26H2,1-3H3/i4D2,5D2,11D2,12D2,32D. The molecule has 3 fully saturated rings. The molecule has 44 heavy (non-hydrogen) atoms. The molecule has 2 aliphatic carbocycles. The summed E-state index contributed by atoms with van der Waals surface area (Å²) in [7, 11) is 0. The number of rotatable bonds is 11. The number of piperazine rings is 1. The topological polar surface area (TPSA) is 71.3 Å². The van der Waals surface area contributed by atoms with Crippen molar-refractivity contribution in [3.63, 3.8) is 0 Å². The smallest absolute Gasteiger partial charge is 0.196 e. The molecule has 0 bridgehead atoms. The number of pyridine rings is 1. The van der Waals surface area contributed by atoms with E-state index < -0.39 is 30.7 Å². The zero-order chi connectivity index (χ0) is 38.5. The Labute approximate surface area is 280 Å². The molecule has 6 rings (SSSR count). The molecule has 0 amide bonds. The van der Waals surface area contributed by atoms with Crippen LogP contribution in [0.4, 0.5) is 0 Å². The molecule has 234 valence electrons. The third-order valence-corrected chi connectivity index (χ3v) is 9.52. The Bertz CT molecular complexity index is 1810.